The Balaban J connectivity index is 0.833. The lowest BCUT2D eigenvalue weighted by molar-refractivity contribution is -0.258. The van der Waals surface area contributed by atoms with Crippen LogP contribution in [0.5, 0.6) is 46.0 Å². The molecule has 0 spiro atoms. The summed E-state index contributed by atoms with van der Waals surface area (Å²) in [5, 5.41) is 5.25. The number of hydrogen-bond donors (Lipinski definition) is 2. The lowest BCUT2D eigenvalue weighted by atomic mass is 9.80. The monoisotopic (exact) mass is 2010 g/mol. The summed E-state index contributed by atoms with van der Waals surface area (Å²) in [7, 11) is 0. The van der Waals surface area contributed by atoms with Gasteiger partial charge in [-0.1, -0.05) is 116 Å². The minimum atomic E-state index is -6.18. The molecule has 8 fully saturated rings. The zero-order chi connectivity index (χ0) is 100. The third-order valence-electron chi connectivity index (χ3n) is 28.2. The van der Waals surface area contributed by atoms with E-state index in [0.29, 0.717) is 153 Å². The standard InChI is InChI=1S/C106H107F9N8O18S2/c1-56(104(107,108)109)116-93(124)91(81-12-10-30-142-81)122-95(126)73-32-77(138-61-22-14-57(15-23-61)100(2,3)52-118(36-65-44-130-65)37-66-45-131-66)85-87-79(140-63-26-18-59(19-27-63)102(6,7)54-120(40-69-48-134-69)41-70-49-135-70)34-75-84-76(98(129)123(97(75)128)92(82-13-11-31-143-82)94(125)117-99(105(110,111)112)106(113,114)115)35-80(141-64-28-20-60(21-29-64)103(8,9)55-121(42-71-50-136-71)43-72-51-137-72)88(90(84)87)86-78(33-74(96(122)127)83(73)89(85)86)139-62-24-16-58(17-25-62)101(4,5)53-119(38-67-46-132-67)39-68-47-133-68/h10-35,56,65-72,91-92,99H,36-55H2,1-9H3,(H,116,124)(H,117,125). The summed E-state index contributed by atoms with van der Waals surface area (Å²) < 4.78 is 210. The second-order valence-corrected chi connectivity index (χ2v) is 43.7. The van der Waals surface area contributed by atoms with E-state index in [9.17, 15) is 13.2 Å². The van der Waals surface area contributed by atoms with Crippen LogP contribution in [0.2, 0.25) is 0 Å². The number of hydrogen-bond acceptors (Lipinski definition) is 24. The van der Waals surface area contributed by atoms with E-state index < -0.39 is 111 Å². The van der Waals surface area contributed by atoms with Gasteiger partial charge in [-0.15, -0.1) is 22.7 Å². The quantitative estimate of drug-likeness (QED) is 0.0118. The van der Waals surface area contributed by atoms with Crippen LogP contribution in [0.4, 0.5) is 39.5 Å². The summed E-state index contributed by atoms with van der Waals surface area (Å²) >= 11 is 1.55. The number of benzene rings is 9. The number of rotatable bonds is 44. The third kappa shape index (κ3) is 21.2. The van der Waals surface area contributed by atoms with Gasteiger partial charge < -0.3 is 67.5 Å². The summed E-state index contributed by atoms with van der Waals surface area (Å²) in [6.07, 6.45) is -17.1. The fourth-order valence-electron chi connectivity index (χ4n) is 20.4. The Morgan fingerprint density at radius 2 is 0.566 bits per heavy atom. The van der Waals surface area contributed by atoms with Crippen molar-refractivity contribution in [3.05, 3.63) is 211 Å². The van der Waals surface area contributed by atoms with Gasteiger partial charge in [0.2, 0.25) is 17.9 Å². The van der Waals surface area contributed by atoms with Gasteiger partial charge in [-0.2, -0.15) is 39.5 Å². The van der Waals surface area contributed by atoms with E-state index in [1.54, 1.807) is 48.5 Å². The first kappa shape index (κ1) is 98.0. The SMILES string of the molecule is CC(NC(=O)C(c1cccs1)N1C(=O)c2cc(Oc3ccc(C(C)(C)CN(CC4CO4)CC4CO4)cc3)c3c4c(Oc5ccc(C(C)(C)CN(CC6CO6)CC6CO6)cc5)cc5c6c(cc(Oc7ccc(C(C)(C)CN(CC8CO8)CC8CO8)cc7)c(c7c(Oc8ccc(C(C)(C)CN(CC9CO9)CC9CO9)cc8)cc(c2c37)C1=O)c64)C(=O)N(C(C(=O)NC(C(F)(F)F)C(F)(F)F)c1cccs1)C5=O)C(F)(F)F. The van der Waals surface area contributed by atoms with Crippen molar-refractivity contribution in [2.75, 3.05) is 131 Å². The van der Waals surface area contributed by atoms with Crippen molar-refractivity contribution in [3.63, 3.8) is 0 Å². The highest BCUT2D eigenvalue weighted by molar-refractivity contribution is 7.10. The zero-order valence-electron chi connectivity index (χ0n) is 79.8. The lowest BCUT2D eigenvalue weighted by Gasteiger charge is -2.36. The number of halogens is 9. The molecule has 143 heavy (non-hydrogen) atoms. The maximum Gasteiger partial charge on any atom is 0.417 e. The van der Waals surface area contributed by atoms with Crippen LogP contribution in [-0.2, 0) is 69.1 Å². The van der Waals surface area contributed by atoms with Crippen LogP contribution in [0, 0.1) is 0 Å². The molecule has 9 aromatic carbocycles. The molecule has 754 valence electrons. The van der Waals surface area contributed by atoms with E-state index in [1.165, 1.54) is 59.3 Å². The molecule has 11 atom stereocenters. The van der Waals surface area contributed by atoms with Gasteiger partial charge in [0.15, 0.2) is 12.1 Å². The Morgan fingerprint density at radius 1 is 0.343 bits per heavy atom. The molecule has 6 amide bonds. The predicted octanol–water partition coefficient (Wildman–Crippen LogP) is 17.9. The van der Waals surface area contributed by atoms with E-state index in [-0.39, 0.29) is 159 Å². The van der Waals surface area contributed by atoms with Gasteiger partial charge in [-0.25, -0.2) is 0 Å². The largest absolute Gasteiger partial charge is 0.457 e. The maximum atomic E-state index is 17.0. The number of nitrogens with one attached hydrogen (secondary N) is 2. The molecule has 0 radical (unpaired) electrons. The molecule has 11 aromatic rings. The van der Waals surface area contributed by atoms with Gasteiger partial charge in [0.1, 0.15) is 52.0 Å². The number of thiophene rings is 2. The molecule has 37 heteroatoms. The topological polar surface area (TPSA) is 283 Å². The summed E-state index contributed by atoms with van der Waals surface area (Å²) in [6, 6.07) is 27.2. The van der Waals surface area contributed by atoms with Crippen molar-refractivity contribution in [2.24, 2.45) is 0 Å². The molecule has 2 aromatic heterocycles. The minimum Gasteiger partial charge on any atom is -0.457 e. The zero-order valence-corrected chi connectivity index (χ0v) is 81.5. The number of epoxide rings is 8. The Morgan fingerprint density at radius 3 is 0.762 bits per heavy atom. The van der Waals surface area contributed by atoms with Crippen LogP contribution < -0.4 is 29.6 Å². The normalized spacial score (nSPS) is 21.6. The van der Waals surface area contributed by atoms with Crippen LogP contribution in [0.1, 0.15) is 148 Å². The highest BCUT2D eigenvalue weighted by atomic mass is 32.1. The van der Waals surface area contributed by atoms with Gasteiger partial charge in [0.05, 0.1) is 124 Å². The van der Waals surface area contributed by atoms with Crippen molar-refractivity contribution in [1.82, 2.24) is 40.0 Å². The van der Waals surface area contributed by atoms with E-state index in [4.69, 9.17) is 56.8 Å². The first-order valence-electron chi connectivity index (χ1n) is 48.0. The van der Waals surface area contributed by atoms with Gasteiger partial charge >= 0.3 is 18.5 Å². The summed E-state index contributed by atoms with van der Waals surface area (Å²) in [6.45, 7) is 29.6. The fraction of sp³-hybridized carbons (Fsp3) is 0.453. The van der Waals surface area contributed by atoms with Crippen molar-refractivity contribution < 1.29 is 125 Å². The summed E-state index contributed by atoms with van der Waals surface area (Å²) in [5.74, 6) is -9.41. The number of amides is 6. The molecule has 10 aliphatic rings. The summed E-state index contributed by atoms with van der Waals surface area (Å²) in [4.78, 5) is 108. The highest BCUT2D eigenvalue weighted by Crippen LogP contribution is 2.60. The molecular formula is C106H107F9N8O18S2. The third-order valence-corrected chi connectivity index (χ3v) is 30.1. The van der Waals surface area contributed by atoms with Crippen molar-refractivity contribution >= 4 is 101 Å². The highest BCUT2D eigenvalue weighted by Gasteiger charge is 2.60. The number of carbonyl (C=O) groups is 6. The van der Waals surface area contributed by atoms with Crippen LogP contribution >= 0.6 is 22.7 Å². The molecular weight excluding hydrogens is 1910 g/mol. The smallest absolute Gasteiger partial charge is 0.417 e. The molecule has 11 unspecified atom stereocenters. The van der Waals surface area contributed by atoms with E-state index >= 15 is 55.1 Å². The minimum absolute atomic E-state index is 0.0211. The molecule has 0 aliphatic carbocycles. The number of fused-ring (bicyclic) bond motifs is 2. The van der Waals surface area contributed by atoms with Crippen molar-refractivity contribution in [2.45, 2.75) is 176 Å². The van der Waals surface area contributed by atoms with E-state index in [1.807, 2.05) is 53.8 Å². The summed E-state index contributed by atoms with van der Waals surface area (Å²) in [5.41, 5.74) is -0.747. The number of ether oxygens (including phenoxy) is 12. The van der Waals surface area contributed by atoms with Crippen LogP contribution in [0.25, 0.3) is 43.1 Å². The first-order chi connectivity index (χ1) is 68.0. The van der Waals surface area contributed by atoms with Crippen molar-refractivity contribution in [1.29, 1.82) is 0 Å². The molecule has 0 bridgehead atoms. The predicted molar refractivity (Wildman–Crippen MR) is 512 cm³/mol. The molecule has 21 rings (SSSR count). The Hall–Kier alpha value is -11.0. The molecule has 8 saturated heterocycles. The average molecular weight is 2020 g/mol. The van der Waals surface area contributed by atoms with E-state index in [2.05, 4.69) is 75.0 Å². The van der Waals surface area contributed by atoms with Gasteiger partial charge in [-0.3, -0.25) is 58.2 Å². The van der Waals surface area contributed by atoms with Crippen molar-refractivity contribution in [3.8, 4) is 46.0 Å². The second kappa shape index (κ2) is 37.5. The second-order valence-electron chi connectivity index (χ2n) is 41.7. The lowest BCUT2D eigenvalue weighted by Crippen LogP contribution is -2.58. The van der Waals surface area contributed by atoms with E-state index in [0.717, 1.165) is 45.8 Å². The number of nitrogens with zero attached hydrogens (tertiary/aromatic N) is 6. The van der Waals surface area contributed by atoms with Crippen LogP contribution in [-0.4, -0.2) is 276 Å². The number of imide groups is 2. The molecule has 12 heterocycles. The van der Waals surface area contributed by atoms with Gasteiger partial charge in [0.25, 0.3) is 23.6 Å². The number of alkyl halides is 9. The van der Waals surface area contributed by atoms with Crippen LogP contribution in [0.3, 0.4) is 0 Å². The first-order valence-corrected chi connectivity index (χ1v) is 49.7. The fourth-order valence-corrected chi connectivity index (χ4v) is 22.1. The maximum absolute atomic E-state index is 17.0. The molecule has 26 nitrogen and oxygen atoms in total. The molecule has 2 N–H and O–H groups in total. The van der Waals surface area contributed by atoms with Crippen LogP contribution in [0.15, 0.2) is 156 Å². The Kier molecular flexibility index (Phi) is 25.7. The molecule has 10 aliphatic heterocycles. The van der Waals surface area contributed by atoms with Gasteiger partial charge in [0, 0.05) is 153 Å². The number of carbonyl (C=O) groups excluding carboxylic acids is 6. The average Bonchev–Trinajstić information content (AvgIpc) is 1.01. The Bertz CT molecular complexity index is 6100. The van der Waals surface area contributed by atoms with Gasteiger partial charge in [-0.05, 0) is 125 Å². The Labute approximate surface area is 825 Å². The molecule has 0 saturated carbocycles.